The summed E-state index contributed by atoms with van der Waals surface area (Å²) in [5.41, 5.74) is 4.18. The van der Waals surface area contributed by atoms with E-state index in [0.29, 0.717) is 0 Å². The van der Waals surface area contributed by atoms with Gasteiger partial charge in [-0.05, 0) is 55.0 Å². The molecule has 0 saturated heterocycles. The van der Waals surface area contributed by atoms with Crippen LogP contribution in [0.4, 0.5) is 0 Å². The maximum absolute atomic E-state index is 6.09. The van der Waals surface area contributed by atoms with Gasteiger partial charge in [-0.15, -0.1) is 0 Å². The second-order valence-electron chi connectivity index (χ2n) is 5.80. The molecule has 0 spiro atoms. The van der Waals surface area contributed by atoms with Crippen LogP contribution in [-0.4, -0.2) is 4.98 Å². The van der Waals surface area contributed by atoms with Crippen LogP contribution in [0.15, 0.2) is 34.7 Å². The predicted octanol–water partition coefficient (Wildman–Crippen LogP) is 5.37. The van der Waals surface area contributed by atoms with E-state index >= 15 is 0 Å². The van der Waals surface area contributed by atoms with Crippen molar-refractivity contribution in [3.05, 3.63) is 52.9 Å². The second-order valence-corrected chi connectivity index (χ2v) is 5.80. The molecule has 2 heteroatoms. The number of aromatic nitrogens is 1. The van der Waals surface area contributed by atoms with Gasteiger partial charge in [0.2, 0.25) is 5.71 Å². The highest BCUT2D eigenvalue weighted by molar-refractivity contribution is 6.21. The number of hydrogen-bond acceptors (Lipinski definition) is 2. The van der Waals surface area contributed by atoms with Crippen molar-refractivity contribution in [1.82, 2.24) is 4.98 Å². The molecule has 0 unspecified atom stereocenters. The Morgan fingerprint density at radius 3 is 2.38 bits per heavy atom. The van der Waals surface area contributed by atoms with Gasteiger partial charge in [0, 0.05) is 11.1 Å². The molecule has 21 heavy (non-hydrogen) atoms. The zero-order valence-corrected chi connectivity index (χ0v) is 12.7. The largest absolute Gasteiger partial charge is 0.443 e. The highest BCUT2D eigenvalue weighted by atomic mass is 16.3. The molecule has 0 amide bonds. The second kappa shape index (κ2) is 4.08. The van der Waals surface area contributed by atoms with Gasteiger partial charge in [0.05, 0.1) is 5.39 Å². The molecule has 0 bridgehead atoms. The van der Waals surface area contributed by atoms with E-state index in [-0.39, 0.29) is 0 Å². The first-order chi connectivity index (χ1) is 10.1. The zero-order valence-electron chi connectivity index (χ0n) is 12.7. The summed E-state index contributed by atoms with van der Waals surface area (Å²) in [7, 11) is 0. The van der Waals surface area contributed by atoms with Gasteiger partial charge < -0.3 is 4.42 Å². The Morgan fingerprint density at radius 2 is 1.57 bits per heavy atom. The van der Waals surface area contributed by atoms with Crippen LogP contribution < -0.4 is 0 Å². The lowest BCUT2D eigenvalue weighted by atomic mass is 9.96. The fraction of sp³-hybridized carbons (Fsp3) is 0.211. The van der Waals surface area contributed by atoms with Crippen LogP contribution in [-0.2, 0) is 0 Å². The summed E-state index contributed by atoms with van der Waals surface area (Å²) < 4.78 is 6.09. The Bertz CT molecular complexity index is 1020. The van der Waals surface area contributed by atoms with Crippen molar-refractivity contribution in [2.75, 3.05) is 0 Å². The predicted molar refractivity (Wildman–Crippen MR) is 88.0 cm³/mol. The maximum atomic E-state index is 6.09. The molecule has 2 heterocycles. The van der Waals surface area contributed by atoms with Crippen molar-refractivity contribution in [3.8, 4) is 0 Å². The van der Waals surface area contributed by atoms with Crippen LogP contribution in [0.2, 0.25) is 0 Å². The lowest BCUT2D eigenvalue weighted by molar-refractivity contribution is 0.554. The Balaban J connectivity index is 2.51. The Kier molecular flexibility index (Phi) is 2.41. The van der Waals surface area contributed by atoms with E-state index in [1.54, 1.807) is 0 Å². The van der Waals surface area contributed by atoms with Gasteiger partial charge in [0.1, 0.15) is 5.76 Å². The lowest BCUT2D eigenvalue weighted by Gasteiger charge is -2.09. The standard InChI is InChI=1S/C19H17NO/c1-10-12(3)20-19-18-16(10)9-8-14-6-5-7-15(17(14)18)11(2)13(4)21-19/h5-9H,1-4H3. The van der Waals surface area contributed by atoms with Crippen molar-refractivity contribution < 1.29 is 4.42 Å². The quantitative estimate of drug-likeness (QED) is 0.403. The fourth-order valence-electron chi connectivity index (χ4n) is 3.20. The highest BCUT2D eigenvalue weighted by Crippen LogP contribution is 2.36. The molecular formula is C19H17NO. The van der Waals surface area contributed by atoms with Gasteiger partial charge in [-0.1, -0.05) is 30.3 Å². The lowest BCUT2D eigenvalue weighted by Crippen LogP contribution is -1.91. The molecule has 0 aliphatic rings. The summed E-state index contributed by atoms with van der Waals surface area (Å²) in [6, 6.07) is 10.8. The van der Waals surface area contributed by atoms with Gasteiger partial charge in [-0.3, -0.25) is 0 Å². The third kappa shape index (κ3) is 1.56. The van der Waals surface area contributed by atoms with Gasteiger partial charge in [0.25, 0.3) is 0 Å². The minimum absolute atomic E-state index is 0.737. The van der Waals surface area contributed by atoms with Crippen molar-refractivity contribution in [2.24, 2.45) is 0 Å². The number of benzene rings is 2. The van der Waals surface area contributed by atoms with Crippen LogP contribution in [0.1, 0.15) is 22.6 Å². The molecule has 2 aromatic heterocycles. The first-order valence-electron chi connectivity index (χ1n) is 7.26. The minimum Gasteiger partial charge on any atom is -0.443 e. The van der Waals surface area contributed by atoms with Gasteiger partial charge in [-0.2, -0.15) is 0 Å². The van der Waals surface area contributed by atoms with Gasteiger partial charge in [0.15, 0.2) is 0 Å². The van der Waals surface area contributed by atoms with Gasteiger partial charge >= 0.3 is 0 Å². The van der Waals surface area contributed by atoms with E-state index in [4.69, 9.17) is 9.40 Å². The van der Waals surface area contributed by atoms with Crippen molar-refractivity contribution in [1.29, 1.82) is 0 Å². The van der Waals surface area contributed by atoms with Crippen LogP contribution in [0.25, 0.3) is 32.6 Å². The van der Waals surface area contributed by atoms with E-state index in [9.17, 15) is 0 Å². The average molecular weight is 275 g/mol. The van der Waals surface area contributed by atoms with Gasteiger partial charge in [-0.25, -0.2) is 4.98 Å². The molecule has 2 aromatic carbocycles. The third-order valence-electron chi connectivity index (χ3n) is 4.66. The normalized spacial score (nSPS) is 11.8. The van der Waals surface area contributed by atoms with Crippen LogP contribution in [0.3, 0.4) is 0 Å². The molecule has 0 radical (unpaired) electrons. The molecule has 4 aromatic rings. The first kappa shape index (κ1) is 12.4. The average Bonchev–Trinajstić information content (AvgIpc) is 2.59. The summed E-state index contributed by atoms with van der Waals surface area (Å²) in [6.45, 7) is 8.31. The van der Waals surface area contributed by atoms with Crippen LogP contribution >= 0.6 is 0 Å². The van der Waals surface area contributed by atoms with E-state index in [1.807, 2.05) is 13.8 Å². The third-order valence-corrected chi connectivity index (χ3v) is 4.66. The number of rotatable bonds is 0. The monoisotopic (exact) mass is 275 g/mol. The molecule has 0 saturated carbocycles. The van der Waals surface area contributed by atoms with Crippen molar-refractivity contribution in [3.63, 3.8) is 0 Å². The molecule has 0 N–H and O–H groups in total. The molecule has 104 valence electrons. The smallest absolute Gasteiger partial charge is 0.227 e. The zero-order chi connectivity index (χ0) is 14.7. The van der Waals surface area contributed by atoms with Crippen molar-refractivity contribution in [2.45, 2.75) is 27.7 Å². The topological polar surface area (TPSA) is 26.0 Å². The number of pyridine rings is 1. The SMILES string of the molecule is Cc1nc2oc(C)c(C)c3cccc4ccc(c1C)c2c43. The summed E-state index contributed by atoms with van der Waals surface area (Å²) in [6.07, 6.45) is 0. The van der Waals surface area contributed by atoms with E-state index in [1.165, 1.54) is 32.7 Å². The van der Waals surface area contributed by atoms with E-state index in [0.717, 1.165) is 22.6 Å². The molecular weight excluding hydrogens is 258 g/mol. The molecule has 2 nitrogen and oxygen atoms in total. The molecule has 4 rings (SSSR count). The summed E-state index contributed by atoms with van der Waals surface area (Å²) in [4.78, 5) is 4.70. The van der Waals surface area contributed by atoms with Crippen LogP contribution in [0.5, 0.6) is 0 Å². The Hall–Kier alpha value is -2.35. The fourth-order valence-corrected chi connectivity index (χ4v) is 3.20. The number of aryl methyl sites for hydroxylation is 4. The summed E-state index contributed by atoms with van der Waals surface area (Å²) >= 11 is 0. The first-order valence-corrected chi connectivity index (χ1v) is 7.26. The molecule has 0 atom stereocenters. The number of nitrogens with zero attached hydrogens (tertiary/aromatic N) is 1. The summed E-state index contributed by atoms with van der Waals surface area (Å²) in [5.74, 6) is 0.927. The molecule has 0 aliphatic heterocycles. The van der Waals surface area contributed by atoms with E-state index < -0.39 is 0 Å². The highest BCUT2D eigenvalue weighted by Gasteiger charge is 2.14. The van der Waals surface area contributed by atoms with Crippen molar-refractivity contribution >= 4 is 32.6 Å². The Labute approximate surface area is 123 Å². The Morgan fingerprint density at radius 1 is 0.810 bits per heavy atom. The van der Waals surface area contributed by atoms with E-state index in [2.05, 4.69) is 44.2 Å². The molecule has 0 aliphatic carbocycles. The molecule has 0 fully saturated rings. The number of hydrogen-bond donors (Lipinski definition) is 0. The van der Waals surface area contributed by atoms with Crippen LogP contribution in [0, 0.1) is 27.7 Å². The maximum Gasteiger partial charge on any atom is 0.227 e. The minimum atomic E-state index is 0.737. The summed E-state index contributed by atoms with van der Waals surface area (Å²) in [5, 5.41) is 6.13.